The van der Waals surface area contributed by atoms with Gasteiger partial charge in [-0.3, -0.25) is 0 Å². The Morgan fingerprint density at radius 2 is 2.05 bits per heavy atom. The van der Waals surface area contributed by atoms with Crippen molar-refractivity contribution in [2.75, 3.05) is 11.9 Å². The average Bonchev–Trinajstić information content (AvgIpc) is 2.38. The fourth-order valence-electron chi connectivity index (χ4n) is 1.64. The van der Waals surface area contributed by atoms with Gasteiger partial charge in [-0.05, 0) is 12.1 Å². The van der Waals surface area contributed by atoms with Crippen LogP contribution in [-0.4, -0.2) is 17.0 Å². The van der Waals surface area contributed by atoms with Crippen molar-refractivity contribution in [3.63, 3.8) is 0 Å². The Labute approximate surface area is 114 Å². The van der Waals surface area contributed by atoms with Crippen LogP contribution in [0.25, 0.3) is 0 Å². The van der Waals surface area contributed by atoms with Crippen molar-refractivity contribution >= 4 is 28.7 Å². The highest BCUT2D eigenvalue weighted by Gasteiger charge is 2.12. The molecule has 0 atom stereocenters. The van der Waals surface area contributed by atoms with E-state index in [1.54, 1.807) is 31.3 Å². The highest BCUT2D eigenvalue weighted by Crippen LogP contribution is 2.25. The number of nitrogens with zero attached hydrogens (tertiary/aromatic N) is 2. The molecule has 0 unspecified atom stereocenters. The minimum Gasteiger partial charge on any atom is -0.389 e. The predicted molar refractivity (Wildman–Crippen MR) is 74.5 cm³/mol. The van der Waals surface area contributed by atoms with Crippen LogP contribution >= 0.6 is 12.2 Å². The number of aromatic nitrogens is 1. The lowest BCUT2D eigenvalue weighted by Crippen LogP contribution is -2.15. The number of hydrogen-bond acceptors (Lipinski definition) is 3. The van der Waals surface area contributed by atoms with Crippen LogP contribution in [-0.2, 0) is 0 Å². The van der Waals surface area contributed by atoms with Crippen LogP contribution in [0.1, 0.15) is 5.56 Å². The Morgan fingerprint density at radius 3 is 2.68 bits per heavy atom. The van der Waals surface area contributed by atoms with Gasteiger partial charge in [-0.25, -0.2) is 13.8 Å². The molecule has 6 heteroatoms. The predicted octanol–water partition coefficient (Wildman–Crippen LogP) is 2.76. The van der Waals surface area contributed by atoms with Gasteiger partial charge in [0.15, 0.2) is 11.6 Å². The normalized spacial score (nSPS) is 10.3. The van der Waals surface area contributed by atoms with E-state index in [0.29, 0.717) is 11.3 Å². The molecule has 0 aliphatic carbocycles. The molecule has 1 aromatic heterocycles. The highest BCUT2D eigenvalue weighted by atomic mass is 32.1. The zero-order chi connectivity index (χ0) is 14.0. The number of benzene rings is 1. The summed E-state index contributed by atoms with van der Waals surface area (Å²) in [6.45, 7) is 0. The monoisotopic (exact) mass is 279 g/mol. The first-order chi connectivity index (χ1) is 8.99. The number of anilines is 2. The van der Waals surface area contributed by atoms with Crippen LogP contribution in [0.4, 0.5) is 20.3 Å². The maximum absolute atomic E-state index is 13.7. The van der Waals surface area contributed by atoms with E-state index in [2.05, 4.69) is 4.98 Å². The van der Waals surface area contributed by atoms with Crippen LogP contribution in [0.2, 0.25) is 0 Å². The van der Waals surface area contributed by atoms with Crippen molar-refractivity contribution in [1.82, 2.24) is 4.98 Å². The quantitative estimate of drug-likeness (QED) is 0.877. The van der Waals surface area contributed by atoms with Gasteiger partial charge in [0.1, 0.15) is 10.8 Å². The maximum atomic E-state index is 13.7. The highest BCUT2D eigenvalue weighted by molar-refractivity contribution is 7.80. The molecule has 0 aliphatic rings. The fourth-order valence-corrected chi connectivity index (χ4v) is 1.77. The fraction of sp³-hybridized carbons (Fsp3) is 0.0769. The molecule has 0 amide bonds. The molecular weight excluding hydrogens is 268 g/mol. The van der Waals surface area contributed by atoms with Crippen LogP contribution in [0, 0.1) is 11.6 Å². The van der Waals surface area contributed by atoms with Crippen LogP contribution in [0.3, 0.4) is 0 Å². The summed E-state index contributed by atoms with van der Waals surface area (Å²) in [7, 11) is 1.63. The third-order valence-electron chi connectivity index (χ3n) is 2.62. The molecule has 1 heterocycles. The second-order valence-electron chi connectivity index (χ2n) is 3.93. The van der Waals surface area contributed by atoms with Gasteiger partial charge in [-0.15, -0.1) is 0 Å². The van der Waals surface area contributed by atoms with Crippen molar-refractivity contribution in [2.24, 2.45) is 5.73 Å². The van der Waals surface area contributed by atoms with Gasteiger partial charge in [-0.2, -0.15) is 0 Å². The van der Waals surface area contributed by atoms with E-state index >= 15 is 0 Å². The molecule has 2 N–H and O–H groups in total. The van der Waals surface area contributed by atoms with Gasteiger partial charge in [0.25, 0.3) is 0 Å². The van der Waals surface area contributed by atoms with E-state index in [-0.39, 0.29) is 10.8 Å². The summed E-state index contributed by atoms with van der Waals surface area (Å²) in [4.78, 5) is 5.49. The average molecular weight is 279 g/mol. The topological polar surface area (TPSA) is 42.1 Å². The Balaban J connectivity index is 2.41. The summed E-state index contributed by atoms with van der Waals surface area (Å²) in [6, 6.07) is 7.77. The zero-order valence-electron chi connectivity index (χ0n) is 10.1. The molecule has 19 heavy (non-hydrogen) atoms. The molecule has 98 valence electrons. The van der Waals surface area contributed by atoms with Crippen LogP contribution in [0.15, 0.2) is 36.5 Å². The van der Waals surface area contributed by atoms with Crippen LogP contribution in [0.5, 0.6) is 0 Å². The van der Waals surface area contributed by atoms with Gasteiger partial charge >= 0.3 is 0 Å². The summed E-state index contributed by atoms with van der Waals surface area (Å²) in [5.41, 5.74) is 6.87. The number of thiocarbonyl (C=S) groups is 1. The molecule has 0 saturated carbocycles. The number of rotatable bonds is 3. The first-order valence-electron chi connectivity index (χ1n) is 5.43. The second-order valence-corrected chi connectivity index (χ2v) is 4.37. The molecular formula is C13H11F2N3S. The lowest BCUT2D eigenvalue weighted by molar-refractivity contribution is 0.573. The third kappa shape index (κ3) is 2.85. The van der Waals surface area contributed by atoms with E-state index in [4.69, 9.17) is 18.0 Å². The van der Waals surface area contributed by atoms with E-state index in [9.17, 15) is 8.78 Å². The van der Waals surface area contributed by atoms with E-state index in [0.717, 1.165) is 12.3 Å². The summed E-state index contributed by atoms with van der Waals surface area (Å²) in [5, 5.41) is 0. The molecule has 0 radical (unpaired) electrons. The lowest BCUT2D eigenvalue weighted by Gasteiger charge is -2.19. The summed E-state index contributed by atoms with van der Waals surface area (Å²) >= 11 is 4.89. The number of nitrogens with two attached hydrogens (primary N) is 1. The molecule has 2 rings (SSSR count). The molecule has 0 fully saturated rings. The number of hydrogen-bond donors (Lipinski definition) is 1. The first-order valence-corrected chi connectivity index (χ1v) is 5.84. The second kappa shape index (κ2) is 5.27. The standard InChI is InChI=1S/C13H11F2N3S/c1-18(13-11(15)6-9(14)7-17-13)10-4-2-3-8(5-10)12(16)19/h2-7H,1H3,(H2,16,19). The van der Waals surface area contributed by atoms with E-state index in [1.807, 2.05) is 0 Å². The molecule has 0 saturated heterocycles. The van der Waals surface area contributed by atoms with Gasteiger partial charge in [0.05, 0.1) is 6.20 Å². The maximum Gasteiger partial charge on any atom is 0.169 e. The third-order valence-corrected chi connectivity index (χ3v) is 2.86. The number of halogens is 2. The molecule has 1 aromatic carbocycles. The SMILES string of the molecule is CN(c1cccc(C(N)=S)c1)c1ncc(F)cc1F. The van der Waals surface area contributed by atoms with Crippen molar-refractivity contribution in [3.8, 4) is 0 Å². The summed E-state index contributed by atoms with van der Waals surface area (Å²) < 4.78 is 26.5. The Morgan fingerprint density at radius 1 is 1.32 bits per heavy atom. The molecule has 0 spiro atoms. The smallest absolute Gasteiger partial charge is 0.169 e. The molecule has 0 bridgehead atoms. The summed E-state index contributed by atoms with van der Waals surface area (Å²) in [5.74, 6) is -1.42. The van der Waals surface area contributed by atoms with Gasteiger partial charge < -0.3 is 10.6 Å². The summed E-state index contributed by atoms with van der Waals surface area (Å²) in [6.07, 6.45) is 0.965. The minimum atomic E-state index is -0.733. The Kier molecular flexibility index (Phi) is 3.71. The van der Waals surface area contributed by atoms with Gasteiger partial charge in [0.2, 0.25) is 0 Å². The minimum absolute atomic E-state index is 0.0292. The van der Waals surface area contributed by atoms with Crippen molar-refractivity contribution < 1.29 is 8.78 Å². The van der Waals surface area contributed by atoms with Crippen molar-refractivity contribution in [3.05, 3.63) is 53.7 Å². The zero-order valence-corrected chi connectivity index (χ0v) is 10.9. The van der Waals surface area contributed by atoms with Gasteiger partial charge in [0, 0.05) is 24.4 Å². The largest absolute Gasteiger partial charge is 0.389 e. The molecule has 0 aliphatic heterocycles. The van der Waals surface area contributed by atoms with Crippen molar-refractivity contribution in [1.29, 1.82) is 0 Å². The van der Waals surface area contributed by atoms with Crippen molar-refractivity contribution in [2.45, 2.75) is 0 Å². The Hall–Kier alpha value is -2.08. The van der Waals surface area contributed by atoms with Gasteiger partial charge in [-0.1, -0.05) is 24.4 Å². The lowest BCUT2D eigenvalue weighted by atomic mass is 10.2. The molecule has 3 nitrogen and oxygen atoms in total. The molecule has 2 aromatic rings. The van der Waals surface area contributed by atoms with E-state index < -0.39 is 11.6 Å². The van der Waals surface area contributed by atoms with E-state index in [1.165, 1.54) is 4.90 Å². The van der Waals surface area contributed by atoms with Crippen LogP contribution < -0.4 is 10.6 Å². The Bertz CT molecular complexity index is 631. The number of pyridine rings is 1. The first kappa shape index (κ1) is 13.4.